The minimum Gasteiger partial charge on any atom is -0.439 e. The average Bonchev–Trinajstić information content (AvgIpc) is 2.21. The predicted octanol–water partition coefficient (Wildman–Crippen LogP) is 1.60. The highest BCUT2D eigenvalue weighted by molar-refractivity contribution is 6.30. The second kappa shape index (κ2) is 5.41. The first-order chi connectivity index (χ1) is 7.56. The van der Waals surface area contributed by atoms with E-state index >= 15 is 0 Å². The molecular formula is C9H8ClFN2O3. The zero-order valence-electron chi connectivity index (χ0n) is 8.02. The van der Waals surface area contributed by atoms with E-state index < -0.39 is 18.0 Å². The number of aromatic nitrogens is 1. The number of pyridine rings is 1. The number of carbonyl (C=O) groups excluding carboxylic acids is 2. The molecule has 1 atom stereocenters. The summed E-state index contributed by atoms with van der Waals surface area (Å²) in [5.41, 5.74) is 4.57. The van der Waals surface area contributed by atoms with Crippen LogP contribution in [0.1, 0.15) is 18.2 Å². The van der Waals surface area contributed by atoms with Gasteiger partial charge in [0.25, 0.3) is 0 Å². The second-order valence-electron chi connectivity index (χ2n) is 2.82. The molecule has 0 bridgehead atoms. The molecule has 0 aliphatic heterocycles. The lowest BCUT2D eigenvalue weighted by molar-refractivity contribution is -0.109. The van der Waals surface area contributed by atoms with Gasteiger partial charge in [-0.2, -0.15) is 0 Å². The zero-order valence-corrected chi connectivity index (χ0v) is 8.78. The second-order valence-corrected chi connectivity index (χ2v) is 3.23. The maximum Gasteiger partial charge on any atom is 0.405 e. The molecule has 0 aromatic carbocycles. The van der Waals surface area contributed by atoms with Gasteiger partial charge in [0.2, 0.25) is 0 Å². The van der Waals surface area contributed by atoms with Gasteiger partial charge in [-0.1, -0.05) is 11.6 Å². The number of primary amides is 1. The van der Waals surface area contributed by atoms with E-state index in [1.807, 2.05) is 0 Å². The Kier molecular flexibility index (Phi) is 4.19. The van der Waals surface area contributed by atoms with Crippen LogP contribution in [0.3, 0.4) is 0 Å². The van der Waals surface area contributed by atoms with Crippen LogP contribution in [0.5, 0.6) is 0 Å². The van der Waals surface area contributed by atoms with Crippen LogP contribution in [0.4, 0.5) is 9.18 Å². The van der Waals surface area contributed by atoms with E-state index in [4.69, 9.17) is 17.3 Å². The molecule has 1 unspecified atom stereocenters. The molecule has 7 heteroatoms. The van der Waals surface area contributed by atoms with Gasteiger partial charge in [0.15, 0.2) is 11.9 Å². The van der Waals surface area contributed by atoms with Crippen LogP contribution < -0.4 is 5.73 Å². The van der Waals surface area contributed by atoms with Gasteiger partial charge in [0.1, 0.15) is 12.0 Å². The highest BCUT2D eigenvalue weighted by Gasteiger charge is 2.21. The van der Waals surface area contributed by atoms with Crippen molar-refractivity contribution < 1.29 is 18.7 Å². The molecule has 5 nitrogen and oxygen atoms in total. The lowest BCUT2D eigenvalue weighted by Gasteiger charge is -2.14. The summed E-state index contributed by atoms with van der Waals surface area (Å²) in [7, 11) is 0. The average molecular weight is 247 g/mol. The summed E-state index contributed by atoms with van der Waals surface area (Å²) in [6.07, 6.45) is -0.812. The van der Waals surface area contributed by atoms with Crippen LogP contribution in [0.25, 0.3) is 0 Å². The third-order valence-corrected chi connectivity index (χ3v) is 2.03. The van der Waals surface area contributed by atoms with Crippen molar-refractivity contribution in [3.8, 4) is 0 Å². The van der Waals surface area contributed by atoms with Crippen molar-refractivity contribution in [3.05, 3.63) is 28.8 Å². The molecule has 0 aliphatic rings. The monoisotopic (exact) mass is 246 g/mol. The lowest BCUT2D eigenvalue weighted by Crippen LogP contribution is -2.19. The molecule has 2 N–H and O–H groups in total. The van der Waals surface area contributed by atoms with Gasteiger partial charge in [-0.3, -0.25) is 4.98 Å². The fourth-order valence-electron chi connectivity index (χ4n) is 1.10. The van der Waals surface area contributed by atoms with E-state index in [0.717, 1.165) is 0 Å². The SMILES string of the molecule is NC(=O)OC(CC=O)c1nccc(Cl)c1F. The summed E-state index contributed by atoms with van der Waals surface area (Å²) in [6, 6.07) is 1.24. The predicted molar refractivity (Wildman–Crippen MR) is 53.3 cm³/mol. The summed E-state index contributed by atoms with van der Waals surface area (Å²) < 4.78 is 18.0. The summed E-state index contributed by atoms with van der Waals surface area (Å²) in [5.74, 6) is -0.836. The summed E-state index contributed by atoms with van der Waals surface area (Å²) >= 11 is 5.52. The highest BCUT2D eigenvalue weighted by Crippen LogP contribution is 2.25. The largest absolute Gasteiger partial charge is 0.439 e. The molecular weight excluding hydrogens is 239 g/mol. The summed E-state index contributed by atoms with van der Waals surface area (Å²) in [4.78, 5) is 24.6. The van der Waals surface area contributed by atoms with Gasteiger partial charge < -0.3 is 15.3 Å². The number of aldehydes is 1. The van der Waals surface area contributed by atoms with Crippen LogP contribution in [0, 0.1) is 5.82 Å². The van der Waals surface area contributed by atoms with Crippen molar-refractivity contribution in [2.75, 3.05) is 0 Å². The van der Waals surface area contributed by atoms with Crippen LogP contribution in [-0.4, -0.2) is 17.4 Å². The van der Waals surface area contributed by atoms with Crippen LogP contribution in [-0.2, 0) is 9.53 Å². The van der Waals surface area contributed by atoms with Gasteiger partial charge in [-0.15, -0.1) is 0 Å². The first-order valence-corrected chi connectivity index (χ1v) is 4.63. The molecule has 0 saturated carbocycles. The maximum absolute atomic E-state index is 13.5. The molecule has 1 amide bonds. The quantitative estimate of drug-likeness (QED) is 0.818. The number of nitrogens with two attached hydrogens (primary N) is 1. The number of hydrogen-bond donors (Lipinski definition) is 1. The van der Waals surface area contributed by atoms with Gasteiger partial charge in [-0.05, 0) is 6.07 Å². The number of hydrogen-bond acceptors (Lipinski definition) is 4. The summed E-state index contributed by atoms with van der Waals surface area (Å²) in [5, 5.41) is -0.172. The van der Waals surface area contributed by atoms with Gasteiger partial charge in [-0.25, -0.2) is 9.18 Å². The number of carbonyl (C=O) groups is 2. The van der Waals surface area contributed by atoms with Crippen molar-refractivity contribution >= 4 is 24.0 Å². The van der Waals surface area contributed by atoms with Gasteiger partial charge in [0, 0.05) is 12.6 Å². The van der Waals surface area contributed by atoms with E-state index in [0.29, 0.717) is 6.29 Å². The molecule has 86 valence electrons. The van der Waals surface area contributed by atoms with Crippen LogP contribution in [0.15, 0.2) is 12.3 Å². The summed E-state index contributed by atoms with van der Waals surface area (Å²) in [6.45, 7) is 0. The molecule has 0 radical (unpaired) electrons. The highest BCUT2D eigenvalue weighted by atomic mass is 35.5. The van der Waals surface area contributed by atoms with E-state index in [1.165, 1.54) is 12.3 Å². The van der Waals surface area contributed by atoms with Crippen molar-refractivity contribution in [1.29, 1.82) is 0 Å². The standard InChI is InChI=1S/C9H8ClFN2O3/c10-5-1-3-13-8(7(5)11)6(2-4-14)16-9(12)15/h1,3-4,6H,2H2,(H2,12,15). The van der Waals surface area contributed by atoms with E-state index in [2.05, 4.69) is 9.72 Å². The molecule has 0 saturated heterocycles. The van der Waals surface area contributed by atoms with E-state index in [1.54, 1.807) is 0 Å². The number of amides is 1. The Morgan fingerprint density at radius 1 is 1.75 bits per heavy atom. The topological polar surface area (TPSA) is 82.3 Å². The van der Waals surface area contributed by atoms with Crippen molar-refractivity contribution in [3.63, 3.8) is 0 Å². The molecule has 16 heavy (non-hydrogen) atoms. The smallest absolute Gasteiger partial charge is 0.405 e. The Morgan fingerprint density at radius 3 is 3.00 bits per heavy atom. The van der Waals surface area contributed by atoms with Crippen LogP contribution >= 0.6 is 11.6 Å². The van der Waals surface area contributed by atoms with Crippen molar-refractivity contribution in [2.45, 2.75) is 12.5 Å². The minimum atomic E-state index is -1.16. The first-order valence-electron chi connectivity index (χ1n) is 4.26. The minimum absolute atomic E-state index is 0.172. The maximum atomic E-state index is 13.5. The molecule has 1 rings (SSSR count). The number of rotatable bonds is 4. The lowest BCUT2D eigenvalue weighted by atomic mass is 10.1. The van der Waals surface area contributed by atoms with Crippen LogP contribution in [0.2, 0.25) is 5.02 Å². The van der Waals surface area contributed by atoms with Gasteiger partial charge >= 0.3 is 6.09 Å². The molecule has 1 aromatic heterocycles. The molecule has 0 aliphatic carbocycles. The Labute approximate surface area is 95.4 Å². The first kappa shape index (κ1) is 12.4. The fourth-order valence-corrected chi connectivity index (χ4v) is 1.26. The number of halogens is 2. The fraction of sp³-hybridized carbons (Fsp3) is 0.222. The number of nitrogens with zero attached hydrogens (tertiary/aromatic N) is 1. The number of ether oxygens (including phenoxy) is 1. The normalized spacial score (nSPS) is 11.9. The van der Waals surface area contributed by atoms with E-state index in [9.17, 15) is 14.0 Å². The Bertz CT molecular complexity index is 414. The Morgan fingerprint density at radius 2 is 2.44 bits per heavy atom. The molecule has 1 aromatic rings. The van der Waals surface area contributed by atoms with Crippen molar-refractivity contribution in [1.82, 2.24) is 4.98 Å². The van der Waals surface area contributed by atoms with Crippen molar-refractivity contribution in [2.24, 2.45) is 5.73 Å². The Balaban J connectivity index is 3.04. The van der Waals surface area contributed by atoms with Gasteiger partial charge in [0.05, 0.1) is 5.02 Å². The zero-order chi connectivity index (χ0) is 12.1. The molecule has 0 spiro atoms. The third-order valence-electron chi connectivity index (χ3n) is 1.74. The third kappa shape index (κ3) is 2.90. The molecule has 0 fully saturated rings. The Hall–Kier alpha value is -1.69. The molecule has 1 heterocycles. The van der Waals surface area contributed by atoms with E-state index in [-0.39, 0.29) is 17.1 Å².